The average Bonchev–Trinajstić information content (AvgIpc) is 3.60. The van der Waals surface area contributed by atoms with Gasteiger partial charge in [0.15, 0.2) is 15.6 Å². The summed E-state index contributed by atoms with van der Waals surface area (Å²) in [4.78, 5) is 55.1. The molecule has 55 heavy (non-hydrogen) atoms. The van der Waals surface area contributed by atoms with Gasteiger partial charge in [0.05, 0.1) is 24.2 Å². The highest BCUT2D eigenvalue weighted by Gasteiger charge is 2.50. The zero-order valence-electron chi connectivity index (χ0n) is 30.3. The number of nitrogens with two attached hydrogens (primary N) is 1. The van der Waals surface area contributed by atoms with Crippen molar-refractivity contribution in [3.63, 3.8) is 0 Å². The molecule has 0 bridgehead atoms. The SMILES string of the molecule is COc1ccc(CS(=O)(=O)[C@@H]2C[C@@H](C(=O)C[C@H](C(=O)C(F)(F)F)C(C)C)N(C(=O)[C@@H](CC(=O)C(F)(F)c3cccc(Cl)c3)Cc3ccc(CN)cc3)C2)cc1. The molecular weight excluding hydrogens is 771 g/mol. The lowest BCUT2D eigenvalue weighted by Crippen LogP contribution is -2.46. The Morgan fingerprint density at radius 3 is 2.05 bits per heavy atom. The van der Waals surface area contributed by atoms with Gasteiger partial charge in [0.25, 0.3) is 0 Å². The number of hydrogen-bond acceptors (Lipinski definition) is 8. The predicted octanol–water partition coefficient (Wildman–Crippen LogP) is 6.66. The molecule has 298 valence electrons. The zero-order valence-corrected chi connectivity index (χ0v) is 31.9. The molecule has 1 heterocycles. The Bertz CT molecular complexity index is 1970. The van der Waals surface area contributed by atoms with Crippen molar-refractivity contribution in [2.24, 2.45) is 23.5 Å². The number of carbonyl (C=O) groups is 4. The van der Waals surface area contributed by atoms with Crippen LogP contribution in [0.25, 0.3) is 0 Å². The van der Waals surface area contributed by atoms with E-state index in [1.807, 2.05) is 0 Å². The van der Waals surface area contributed by atoms with Crippen LogP contribution in [0, 0.1) is 17.8 Å². The van der Waals surface area contributed by atoms with E-state index < -0.39 is 111 Å². The molecular formula is C39H42ClF5N2O7S. The first-order chi connectivity index (χ1) is 25.7. The van der Waals surface area contributed by atoms with Gasteiger partial charge in [-0.05, 0) is 59.7 Å². The lowest BCUT2D eigenvalue weighted by Gasteiger charge is -2.30. The minimum Gasteiger partial charge on any atom is -0.497 e. The summed E-state index contributed by atoms with van der Waals surface area (Å²) in [5.74, 6) is -14.4. The Hall–Kier alpha value is -4.21. The van der Waals surface area contributed by atoms with Gasteiger partial charge in [-0.25, -0.2) is 8.42 Å². The summed E-state index contributed by atoms with van der Waals surface area (Å²) in [5.41, 5.74) is 6.44. The van der Waals surface area contributed by atoms with Gasteiger partial charge in [0.2, 0.25) is 17.5 Å². The second-order valence-corrected chi connectivity index (χ2v) is 16.8. The molecule has 4 rings (SSSR count). The number of likely N-dealkylation sites (tertiary alicyclic amines) is 1. The Morgan fingerprint density at radius 2 is 1.51 bits per heavy atom. The number of Topliss-reactive ketones (excluding diaryl/α,β-unsaturated/α-hetero) is 3. The second-order valence-electron chi connectivity index (χ2n) is 14.0. The van der Waals surface area contributed by atoms with Crippen LogP contribution in [0.15, 0.2) is 72.8 Å². The van der Waals surface area contributed by atoms with Crippen LogP contribution in [-0.2, 0) is 53.7 Å². The predicted molar refractivity (Wildman–Crippen MR) is 195 cm³/mol. The number of ketones is 3. The van der Waals surface area contributed by atoms with E-state index >= 15 is 8.78 Å². The number of ether oxygens (including phenoxy) is 1. The summed E-state index contributed by atoms with van der Waals surface area (Å²) in [6.07, 6.45) is -8.13. The third-order valence-electron chi connectivity index (χ3n) is 9.85. The van der Waals surface area contributed by atoms with Crippen molar-refractivity contribution in [3.05, 3.63) is 100 Å². The molecule has 1 amide bonds. The van der Waals surface area contributed by atoms with Crippen LogP contribution in [0.2, 0.25) is 5.02 Å². The number of hydrogen-bond donors (Lipinski definition) is 1. The summed E-state index contributed by atoms with van der Waals surface area (Å²) in [7, 11) is -2.75. The fraction of sp³-hybridized carbons (Fsp3) is 0.436. The first-order valence-electron chi connectivity index (χ1n) is 17.4. The smallest absolute Gasteiger partial charge is 0.450 e. The summed E-state index contributed by atoms with van der Waals surface area (Å²) in [6.45, 7) is 2.19. The topological polar surface area (TPSA) is 141 Å². The van der Waals surface area contributed by atoms with Crippen molar-refractivity contribution in [2.45, 2.75) is 75.2 Å². The minimum absolute atomic E-state index is 0.0680. The van der Waals surface area contributed by atoms with Crippen LogP contribution >= 0.6 is 11.6 Å². The lowest BCUT2D eigenvalue weighted by atomic mass is 9.84. The average molecular weight is 813 g/mol. The van der Waals surface area contributed by atoms with E-state index in [2.05, 4.69) is 0 Å². The van der Waals surface area contributed by atoms with Crippen LogP contribution in [0.3, 0.4) is 0 Å². The summed E-state index contributed by atoms with van der Waals surface area (Å²) < 4.78 is 105. The molecule has 1 fully saturated rings. The number of nitrogens with zero attached hydrogens (tertiary/aromatic N) is 1. The number of sulfone groups is 1. The maximum atomic E-state index is 15.6. The van der Waals surface area contributed by atoms with Gasteiger partial charge in [-0.3, -0.25) is 19.2 Å². The van der Waals surface area contributed by atoms with Crippen LogP contribution in [0.1, 0.15) is 55.4 Å². The molecule has 0 saturated carbocycles. The Kier molecular flexibility index (Phi) is 14.0. The molecule has 0 unspecified atom stereocenters. The largest absolute Gasteiger partial charge is 0.497 e. The number of benzene rings is 3. The summed E-state index contributed by atoms with van der Waals surface area (Å²) in [6, 6.07) is 15.3. The first kappa shape index (κ1) is 43.5. The van der Waals surface area contributed by atoms with Crippen LogP contribution < -0.4 is 10.5 Å². The Morgan fingerprint density at radius 1 is 0.909 bits per heavy atom. The highest BCUT2D eigenvalue weighted by atomic mass is 35.5. The summed E-state index contributed by atoms with van der Waals surface area (Å²) in [5, 5.41) is -1.47. The Labute approximate surface area is 321 Å². The fourth-order valence-corrected chi connectivity index (χ4v) is 8.59. The van der Waals surface area contributed by atoms with E-state index in [9.17, 15) is 40.8 Å². The molecule has 2 N–H and O–H groups in total. The van der Waals surface area contributed by atoms with Gasteiger partial charge in [0, 0.05) is 48.4 Å². The van der Waals surface area contributed by atoms with Gasteiger partial charge >= 0.3 is 12.1 Å². The molecule has 3 aromatic rings. The second kappa shape index (κ2) is 17.7. The number of methoxy groups -OCH3 is 1. The van der Waals surface area contributed by atoms with Crippen molar-refractivity contribution < 1.29 is 54.3 Å². The maximum Gasteiger partial charge on any atom is 0.450 e. The number of amides is 1. The van der Waals surface area contributed by atoms with Crippen molar-refractivity contribution in [1.82, 2.24) is 4.90 Å². The monoisotopic (exact) mass is 812 g/mol. The molecule has 4 atom stereocenters. The van der Waals surface area contributed by atoms with E-state index in [0.717, 1.165) is 17.0 Å². The number of alkyl halides is 5. The normalized spacial score (nSPS) is 17.5. The Balaban J connectivity index is 1.74. The molecule has 3 aromatic carbocycles. The minimum atomic E-state index is -5.27. The first-order valence-corrected chi connectivity index (χ1v) is 19.5. The summed E-state index contributed by atoms with van der Waals surface area (Å²) >= 11 is 5.91. The molecule has 0 spiro atoms. The highest BCUT2D eigenvalue weighted by Crippen LogP contribution is 2.37. The van der Waals surface area contributed by atoms with Gasteiger partial charge in [-0.1, -0.05) is 74.0 Å². The van der Waals surface area contributed by atoms with E-state index in [0.29, 0.717) is 22.4 Å². The molecule has 1 aliphatic heterocycles. The number of rotatable bonds is 17. The van der Waals surface area contributed by atoms with Gasteiger partial charge in [-0.15, -0.1) is 0 Å². The molecule has 1 aliphatic rings. The van der Waals surface area contributed by atoms with Crippen molar-refractivity contribution >= 4 is 44.7 Å². The quantitative estimate of drug-likeness (QED) is 0.149. The highest BCUT2D eigenvalue weighted by molar-refractivity contribution is 7.91. The van der Waals surface area contributed by atoms with Crippen LogP contribution in [-0.4, -0.2) is 67.7 Å². The molecule has 0 radical (unpaired) electrons. The van der Waals surface area contributed by atoms with Crippen LogP contribution in [0.4, 0.5) is 22.0 Å². The van der Waals surface area contributed by atoms with Gasteiger partial charge in [-0.2, -0.15) is 22.0 Å². The molecule has 9 nitrogen and oxygen atoms in total. The van der Waals surface area contributed by atoms with Crippen molar-refractivity contribution in [1.29, 1.82) is 0 Å². The third-order valence-corrected chi connectivity index (χ3v) is 12.2. The molecule has 0 aliphatic carbocycles. The third kappa shape index (κ3) is 10.8. The van der Waals surface area contributed by atoms with E-state index in [4.69, 9.17) is 22.1 Å². The van der Waals surface area contributed by atoms with Crippen molar-refractivity contribution in [3.8, 4) is 5.75 Å². The van der Waals surface area contributed by atoms with Gasteiger partial charge < -0.3 is 15.4 Å². The van der Waals surface area contributed by atoms with E-state index in [1.54, 1.807) is 24.3 Å². The molecule has 1 saturated heterocycles. The zero-order chi connectivity index (χ0) is 40.9. The van der Waals surface area contributed by atoms with E-state index in [-0.39, 0.29) is 18.0 Å². The lowest BCUT2D eigenvalue weighted by molar-refractivity contribution is -0.177. The maximum absolute atomic E-state index is 15.6. The fourth-order valence-electron chi connectivity index (χ4n) is 6.65. The standard InChI is InChI=1S/C39H42ClF5N2O7S/c1-23(2)32(36(50)39(43,44)45)19-34(48)33-18-31(55(52,53)22-26-11-13-30(54-3)14-12-26)21-47(33)37(51)27(15-24-7-9-25(20-46)10-8-24)16-35(49)38(41,42)28-5-4-6-29(40)17-28/h4-14,17,23,27,31-33H,15-16,18-22,46H2,1-3H3/t27-,31-,32+,33+/m1/s1. The van der Waals surface area contributed by atoms with E-state index in [1.165, 1.54) is 57.4 Å². The van der Waals surface area contributed by atoms with Gasteiger partial charge in [0.1, 0.15) is 5.75 Å². The number of halogens is 6. The van der Waals surface area contributed by atoms with Crippen molar-refractivity contribution in [2.75, 3.05) is 13.7 Å². The molecule has 0 aromatic heterocycles. The molecule has 16 heteroatoms. The van der Waals surface area contributed by atoms with Crippen LogP contribution in [0.5, 0.6) is 5.75 Å². The number of carbonyl (C=O) groups excluding carboxylic acids is 4.